The van der Waals surface area contributed by atoms with E-state index >= 15 is 0 Å². The first-order valence-electron chi connectivity index (χ1n) is 12.4. The molecule has 16 atom stereocenters. The maximum atomic E-state index is 11.9. The van der Waals surface area contributed by atoms with E-state index < -0.39 is 126 Å². The van der Waals surface area contributed by atoms with Crippen molar-refractivity contribution in [2.24, 2.45) is 0 Å². The van der Waals surface area contributed by atoms with Crippen LogP contribution in [0.1, 0.15) is 13.3 Å². The molecule has 0 rings (SSSR count). The van der Waals surface area contributed by atoms with Gasteiger partial charge in [-0.2, -0.15) is 8.42 Å². The number of carbonyl (C=O) groups excluding carboxylic acids is 1. The molecule has 0 aliphatic rings. The third kappa shape index (κ3) is 12.1. The van der Waals surface area contributed by atoms with Gasteiger partial charge in [0.05, 0.1) is 6.61 Å². The number of rotatable bonds is 20. The Morgan fingerprint density at radius 2 is 0.864 bits per heavy atom. The zero-order valence-electron chi connectivity index (χ0n) is 22.8. The fraction of sp³-hybridized carbons (Fsp3) is 0.952. The fourth-order valence-corrected chi connectivity index (χ4v) is 4.28. The second-order valence-corrected chi connectivity index (χ2v) is 11.1. The second kappa shape index (κ2) is 20.2. The normalized spacial score (nSPS) is 23.5. The summed E-state index contributed by atoms with van der Waals surface area (Å²) in [6.45, 7) is 0.287. The number of methoxy groups -OCH3 is 1. The number of aliphatic hydroxyl groups is 15. The van der Waals surface area contributed by atoms with Crippen LogP contribution < -0.4 is 0 Å². The van der Waals surface area contributed by atoms with Gasteiger partial charge in [-0.05, 0) is 6.42 Å². The van der Waals surface area contributed by atoms with E-state index in [0.717, 1.165) is 14.0 Å². The number of aliphatic hydroxyl groups excluding tert-OH is 15. The number of ether oxygens (including phenoxy) is 2. The zero-order chi connectivity index (χ0) is 34.1. The Hall–Kier alpha value is -0.260. The van der Waals surface area contributed by atoms with Crippen molar-refractivity contribution in [3.63, 3.8) is 0 Å². The van der Waals surface area contributed by atoms with Crippen molar-refractivity contribution in [3.05, 3.63) is 0 Å². The van der Waals surface area contributed by atoms with Crippen LogP contribution in [0.2, 0.25) is 0 Å². The summed E-state index contributed by atoms with van der Waals surface area (Å²) < 4.78 is 40.1. The van der Waals surface area contributed by atoms with E-state index in [1.54, 1.807) is 0 Å². The Labute approximate surface area is 272 Å². The maximum absolute atomic E-state index is 11.9. The van der Waals surface area contributed by atoms with Gasteiger partial charge in [0.15, 0.2) is 6.10 Å². The Balaban J connectivity index is 0. The van der Waals surface area contributed by atoms with Crippen molar-refractivity contribution in [1.29, 1.82) is 0 Å². The number of hydrogen-bond acceptors (Lipinski definition) is 20. The number of esters is 1. The third-order valence-corrected chi connectivity index (χ3v) is 7.63. The molecule has 16 N–H and O–H groups in total. The summed E-state index contributed by atoms with van der Waals surface area (Å²) in [5.74, 6) is -1.92. The molecule has 0 heterocycles. The van der Waals surface area contributed by atoms with Gasteiger partial charge in [0.1, 0.15) is 85.5 Å². The van der Waals surface area contributed by atoms with E-state index in [1.807, 2.05) is 0 Å². The predicted molar refractivity (Wildman–Crippen MR) is 141 cm³/mol. The van der Waals surface area contributed by atoms with Crippen LogP contribution in [0.5, 0.6) is 0 Å². The van der Waals surface area contributed by atoms with Crippen molar-refractivity contribution in [1.82, 2.24) is 0 Å². The molecule has 16 unspecified atom stereocenters. The van der Waals surface area contributed by atoms with Gasteiger partial charge >= 0.3 is 45.6 Å². The Bertz CT molecular complexity index is 925. The van der Waals surface area contributed by atoms with Gasteiger partial charge in [-0.1, -0.05) is 6.92 Å². The average molecular weight is 687 g/mol. The van der Waals surface area contributed by atoms with E-state index in [1.165, 1.54) is 0 Å². The summed E-state index contributed by atoms with van der Waals surface area (Å²) >= 11 is 0. The van der Waals surface area contributed by atoms with Crippen LogP contribution in [-0.4, -0.2) is 236 Å². The van der Waals surface area contributed by atoms with Crippen molar-refractivity contribution in [2.45, 2.75) is 110 Å². The molecular formula is C21H43NaO21S. The van der Waals surface area contributed by atoms with Crippen LogP contribution in [0, 0.1) is 0 Å². The molecule has 0 bridgehead atoms. The van der Waals surface area contributed by atoms with Gasteiger partial charge in [-0.25, -0.2) is 4.79 Å². The molecule has 0 saturated heterocycles. The monoisotopic (exact) mass is 686 g/mol. The first-order valence-corrected chi connectivity index (χ1v) is 14.0. The molecule has 0 aromatic carbocycles. The van der Waals surface area contributed by atoms with E-state index in [2.05, 4.69) is 9.47 Å². The number of hydrogen-bond donors (Lipinski definition) is 16. The Kier molecular flexibility index (Phi) is 21.0. The van der Waals surface area contributed by atoms with E-state index in [4.69, 9.17) is 9.66 Å². The van der Waals surface area contributed by atoms with Crippen LogP contribution in [-0.2, 0) is 24.4 Å². The summed E-state index contributed by atoms with van der Waals surface area (Å²) in [5.41, 5.74) is -2.19. The SMILES string of the molecule is CCC(OC(=O)C(O)C(O)C(O)C(O)C(O)C(O)C(O)C(O)C(O)C(O)C(O)C(O)C(O)C(O)C(CO)OC)S(=O)(=O)O.[NaH]. The molecule has 0 amide bonds. The standard InChI is InChI=1S/C21H42O21S.Na.H/c1-3-6(43(38,39)40)42-21(37)20(36)19(35)18(34)17(33)16(32)15(31)14(30)13(29)12(28)11(27)10(26)9(25)8(24)7(23)5(4-22)41-2;;/h5-20,22-36H,3-4H2,1-2H3,(H,38,39,40);;. The molecular weight excluding hydrogens is 643 g/mol. The summed E-state index contributed by atoms with van der Waals surface area (Å²) in [6.07, 6.45) is -39.0. The molecule has 0 aromatic rings. The van der Waals surface area contributed by atoms with E-state index in [-0.39, 0.29) is 29.6 Å². The van der Waals surface area contributed by atoms with Crippen LogP contribution in [0.3, 0.4) is 0 Å². The topological polar surface area (TPSA) is 393 Å². The van der Waals surface area contributed by atoms with Gasteiger partial charge in [0.2, 0.25) is 5.44 Å². The number of carbonyl (C=O) groups is 1. The third-order valence-electron chi connectivity index (χ3n) is 6.54. The summed E-state index contributed by atoms with van der Waals surface area (Å²) in [5, 5.41) is 150. The molecule has 21 nitrogen and oxygen atoms in total. The van der Waals surface area contributed by atoms with Crippen LogP contribution in [0.15, 0.2) is 0 Å². The quantitative estimate of drug-likeness (QED) is 0.0321. The molecule has 0 spiro atoms. The van der Waals surface area contributed by atoms with Crippen molar-refractivity contribution in [2.75, 3.05) is 13.7 Å². The van der Waals surface area contributed by atoms with Crippen molar-refractivity contribution in [3.8, 4) is 0 Å². The Morgan fingerprint density at radius 1 is 0.591 bits per heavy atom. The molecule has 0 aromatic heterocycles. The molecule has 44 heavy (non-hydrogen) atoms. The first kappa shape index (κ1) is 45.9. The molecule has 260 valence electrons. The molecule has 0 radical (unpaired) electrons. The van der Waals surface area contributed by atoms with Crippen LogP contribution in [0.4, 0.5) is 0 Å². The van der Waals surface area contributed by atoms with Crippen LogP contribution in [0.25, 0.3) is 0 Å². The first-order chi connectivity index (χ1) is 19.6. The van der Waals surface area contributed by atoms with Crippen molar-refractivity contribution >= 4 is 45.6 Å². The average Bonchev–Trinajstić information content (AvgIpc) is 2.98. The Morgan fingerprint density at radius 3 is 1.09 bits per heavy atom. The minimum atomic E-state index is -4.96. The second-order valence-electron chi connectivity index (χ2n) is 9.57. The van der Waals surface area contributed by atoms with Gasteiger partial charge in [-0.3, -0.25) is 4.55 Å². The minimum absolute atomic E-state index is 0. The molecule has 0 aliphatic heterocycles. The van der Waals surface area contributed by atoms with Crippen molar-refractivity contribution < 1.29 is 104 Å². The fourth-order valence-electron chi connectivity index (χ4n) is 3.64. The van der Waals surface area contributed by atoms with Gasteiger partial charge in [-0.15, -0.1) is 0 Å². The summed E-state index contributed by atoms with van der Waals surface area (Å²) in [7, 11) is -3.95. The molecule has 0 aliphatic carbocycles. The van der Waals surface area contributed by atoms with Gasteiger partial charge in [0.25, 0.3) is 0 Å². The molecule has 0 fully saturated rings. The van der Waals surface area contributed by atoms with E-state index in [0.29, 0.717) is 0 Å². The molecule has 0 saturated carbocycles. The molecule has 23 heteroatoms. The zero-order valence-corrected chi connectivity index (χ0v) is 23.6. The summed E-state index contributed by atoms with van der Waals surface area (Å²) in [4.78, 5) is 11.9. The predicted octanol–water partition coefficient (Wildman–Crippen LogP) is -10.4. The van der Waals surface area contributed by atoms with E-state index in [9.17, 15) is 84.7 Å². The van der Waals surface area contributed by atoms with Gasteiger partial charge < -0.3 is 86.1 Å². The van der Waals surface area contributed by atoms with Crippen LogP contribution >= 0.6 is 0 Å². The van der Waals surface area contributed by atoms with Gasteiger partial charge in [0, 0.05) is 7.11 Å². The summed E-state index contributed by atoms with van der Waals surface area (Å²) in [6, 6.07) is 0.